The Morgan fingerprint density at radius 2 is 1.58 bits per heavy atom. The quantitative estimate of drug-likeness (QED) is 0.566. The highest BCUT2D eigenvalue weighted by Crippen LogP contribution is 2.30. The first-order valence-corrected chi connectivity index (χ1v) is 13.9. The number of hydrogen-bond donors (Lipinski definition) is 1. The number of halogens is 1. The van der Waals surface area contributed by atoms with E-state index in [1.807, 2.05) is 53.9 Å². The van der Waals surface area contributed by atoms with Crippen molar-refractivity contribution in [2.75, 3.05) is 14.1 Å². The number of nitrogens with two attached hydrogens (primary N) is 1. The van der Waals surface area contributed by atoms with E-state index in [0.29, 0.717) is 15.0 Å². The molecule has 0 aliphatic carbocycles. The van der Waals surface area contributed by atoms with Gasteiger partial charge in [-0.15, -0.1) is 4.36 Å². The molecule has 2 aromatic rings. The fourth-order valence-electron chi connectivity index (χ4n) is 3.55. The average Bonchev–Trinajstić information content (AvgIpc) is 2.73. The van der Waals surface area contributed by atoms with Crippen molar-refractivity contribution in [1.82, 2.24) is 4.90 Å². The number of nitrogens with zero attached hydrogens (tertiary/aromatic N) is 2. The predicted molar refractivity (Wildman–Crippen MR) is 137 cm³/mol. The predicted octanol–water partition coefficient (Wildman–Crippen LogP) is 5.34. The molecule has 1 amide bonds. The molecule has 0 bridgehead atoms. The first-order valence-electron chi connectivity index (χ1n) is 11.0. The summed E-state index contributed by atoms with van der Waals surface area (Å²) in [4.78, 5) is 15.2. The first-order chi connectivity index (χ1) is 15.2. The van der Waals surface area contributed by atoms with Crippen LogP contribution >= 0.6 is 0 Å². The van der Waals surface area contributed by atoms with E-state index in [1.54, 1.807) is 12.1 Å². The summed E-state index contributed by atoms with van der Waals surface area (Å²) in [5.41, 5.74) is 3.23. The SMILES string of the molecule is CC(C)c1cc(F)cc(C(C)C)c1CC(=O)N=S=S(N)(=O)c1ccc(C(C)(C)N(C)C)cc1. The van der Waals surface area contributed by atoms with E-state index >= 15 is 0 Å². The third kappa shape index (κ3) is 6.59. The topological polar surface area (TPSA) is 75.8 Å². The van der Waals surface area contributed by atoms with Crippen LogP contribution in [0.1, 0.15) is 75.6 Å². The van der Waals surface area contributed by atoms with E-state index in [-0.39, 0.29) is 29.6 Å². The lowest BCUT2D eigenvalue weighted by Crippen LogP contribution is -2.35. The summed E-state index contributed by atoms with van der Waals surface area (Å²) in [6.07, 6.45) is 0.0137. The summed E-state index contributed by atoms with van der Waals surface area (Å²) in [5.74, 6) is -0.649. The number of hydrogen-bond acceptors (Lipinski definition) is 3. The lowest BCUT2D eigenvalue weighted by molar-refractivity contribution is -0.117. The molecule has 0 radical (unpaired) electrons. The van der Waals surface area contributed by atoms with Crippen LogP contribution in [-0.2, 0) is 35.5 Å². The van der Waals surface area contributed by atoms with Gasteiger partial charge in [0.25, 0.3) is 5.91 Å². The van der Waals surface area contributed by atoms with E-state index in [2.05, 4.69) is 23.1 Å². The van der Waals surface area contributed by atoms with Crippen LogP contribution in [0.5, 0.6) is 0 Å². The third-order valence-corrected chi connectivity index (χ3v) is 9.01. The maximum Gasteiger partial charge on any atom is 0.261 e. The highest BCUT2D eigenvalue weighted by molar-refractivity contribution is 8.34. The van der Waals surface area contributed by atoms with E-state index < -0.39 is 14.6 Å². The van der Waals surface area contributed by atoms with Gasteiger partial charge in [-0.1, -0.05) is 39.8 Å². The van der Waals surface area contributed by atoms with Crippen LogP contribution in [0.4, 0.5) is 4.39 Å². The minimum atomic E-state index is -3.08. The van der Waals surface area contributed by atoms with Gasteiger partial charge in [0.2, 0.25) is 0 Å². The van der Waals surface area contributed by atoms with Gasteiger partial charge in [0.15, 0.2) is 0 Å². The van der Waals surface area contributed by atoms with E-state index in [9.17, 15) is 13.4 Å². The smallest absolute Gasteiger partial charge is 0.261 e. The van der Waals surface area contributed by atoms with Crippen LogP contribution < -0.4 is 5.14 Å². The van der Waals surface area contributed by atoms with Crippen LogP contribution in [0.2, 0.25) is 0 Å². The number of carbonyl (C=O) groups excluding carboxylic acids is 1. The summed E-state index contributed by atoms with van der Waals surface area (Å²) in [7, 11) is 1.52. The third-order valence-electron chi connectivity index (χ3n) is 6.11. The Morgan fingerprint density at radius 3 is 2.00 bits per heavy atom. The lowest BCUT2D eigenvalue weighted by Gasteiger charge is -2.33. The Hall–Kier alpha value is -1.87. The molecule has 0 saturated carbocycles. The Balaban J connectivity index is 2.40. The van der Waals surface area contributed by atoms with Crippen LogP contribution in [0, 0.1) is 5.82 Å². The van der Waals surface area contributed by atoms with Gasteiger partial charge < -0.3 is 4.90 Å². The first kappa shape index (κ1) is 27.4. The minimum Gasteiger partial charge on any atom is -0.300 e. The molecule has 0 heterocycles. The molecule has 33 heavy (non-hydrogen) atoms. The van der Waals surface area contributed by atoms with Gasteiger partial charge in [0.1, 0.15) is 14.5 Å². The van der Waals surface area contributed by atoms with Gasteiger partial charge in [-0.3, -0.25) is 4.79 Å². The molecule has 0 saturated heterocycles. The van der Waals surface area contributed by atoms with Crippen molar-refractivity contribution in [2.45, 2.75) is 70.2 Å². The molecule has 2 rings (SSSR count). The van der Waals surface area contributed by atoms with Gasteiger partial charge in [0.05, 0.1) is 11.3 Å². The van der Waals surface area contributed by atoms with E-state index in [1.165, 1.54) is 12.1 Å². The standard InChI is InChI=1S/C25H36FN3O2S2/c1-16(2)21-13-19(26)14-22(17(3)4)23(21)15-24(30)28-32-33(27,31)20-11-9-18(10-12-20)25(5,6)29(7)8/h9-14,16-17H,15H2,1-8H3,(H2,27,31). The summed E-state index contributed by atoms with van der Waals surface area (Å²) in [5, 5.41) is 6.06. The summed E-state index contributed by atoms with van der Waals surface area (Å²) in [6.45, 7) is 12.0. The van der Waals surface area contributed by atoms with Crippen LogP contribution in [-0.4, -0.2) is 29.1 Å². The molecule has 0 aliphatic rings. The molecule has 2 aromatic carbocycles. The van der Waals surface area contributed by atoms with Crippen LogP contribution in [0.15, 0.2) is 45.7 Å². The van der Waals surface area contributed by atoms with Gasteiger partial charge in [0, 0.05) is 15.7 Å². The second-order valence-corrected chi connectivity index (χ2v) is 13.5. The Morgan fingerprint density at radius 1 is 1.09 bits per heavy atom. The lowest BCUT2D eigenvalue weighted by atomic mass is 9.87. The molecule has 5 nitrogen and oxygen atoms in total. The molecule has 0 aromatic heterocycles. The molecule has 0 spiro atoms. The molecule has 8 heteroatoms. The second kappa shape index (κ2) is 10.6. The normalized spacial score (nSPS) is 14.0. The summed E-state index contributed by atoms with van der Waals surface area (Å²) >= 11 is 0. The molecule has 2 N–H and O–H groups in total. The zero-order valence-corrected chi connectivity index (χ0v) is 22.4. The van der Waals surface area contributed by atoms with Crippen molar-refractivity contribution in [1.29, 1.82) is 0 Å². The highest BCUT2D eigenvalue weighted by Gasteiger charge is 2.23. The van der Waals surface area contributed by atoms with Gasteiger partial charge in [-0.05, 0) is 86.3 Å². The molecule has 0 aliphatic heterocycles. The van der Waals surface area contributed by atoms with Crippen molar-refractivity contribution < 1.29 is 13.4 Å². The number of rotatable bonds is 7. The summed E-state index contributed by atoms with van der Waals surface area (Å²) < 4.78 is 31.2. The van der Waals surface area contributed by atoms with Crippen molar-refractivity contribution in [3.05, 3.63) is 64.5 Å². The highest BCUT2D eigenvalue weighted by atomic mass is 32.9. The van der Waals surface area contributed by atoms with Crippen molar-refractivity contribution in [3.63, 3.8) is 0 Å². The van der Waals surface area contributed by atoms with Crippen molar-refractivity contribution in [3.8, 4) is 0 Å². The fraction of sp³-hybridized carbons (Fsp3) is 0.480. The van der Waals surface area contributed by atoms with Gasteiger partial charge in [-0.25, -0.2) is 13.7 Å². The zero-order chi connectivity index (χ0) is 25.1. The largest absolute Gasteiger partial charge is 0.300 e. The van der Waals surface area contributed by atoms with Crippen molar-refractivity contribution in [2.24, 2.45) is 9.50 Å². The Kier molecular flexibility index (Phi) is 8.79. The number of amides is 1. The monoisotopic (exact) mass is 493 g/mol. The molecular formula is C25H36FN3O2S2. The van der Waals surface area contributed by atoms with Gasteiger partial charge >= 0.3 is 0 Å². The maximum atomic E-state index is 14.1. The fourth-order valence-corrected chi connectivity index (χ4v) is 5.58. The average molecular weight is 494 g/mol. The Bertz CT molecular complexity index is 1140. The Labute approximate surface area is 201 Å². The molecule has 1 atom stereocenters. The minimum absolute atomic E-state index is 0.0137. The molecule has 0 fully saturated rings. The molecule has 1 unspecified atom stereocenters. The zero-order valence-electron chi connectivity index (χ0n) is 20.8. The summed E-state index contributed by atoms with van der Waals surface area (Å²) in [6, 6.07) is 10.2. The van der Waals surface area contributed by atoms with E-state index in [0.717, 1.165) is 22.3 Å². The van der Waals surface area contributed by atoms with Crippen LogP contribution in [0.25, 0.3) is 0 Å². The maximum absolute atomic E-state index is 14.1. The van der Waals surface area contributed by atoms with Gasteiger partial charge in [-0.2, -0.15) is 0 Å². The van der Waals surface area contributed by atoms with E-state index in [4.69, 9.17) is 5.14 Å². The molecular weight excluding hydrogens is 457 g/mol. The van der Waals surface area contributed by atoms with Crippen LogP contribution in [0.3, 0.4) is 0 Å². The number of benzene rings is 2. The van der Waals surface area contributed by atoms with Crippen molar-refractivity contribution >= 4 is 24.7 Å². The second-order valence-electron chi connectivity index (χ2n) is 9.63. The molecule has 182 valence electrons. The number of carbonyl (C=O) groups is 1.